The van der Waals surface area contributed by atoms with E-state index in [1.807, 2.05) is 74.2 Å². The molecule has 3 rings (SSSR count). The van der Waals surface area contributed by atoms with Crippen LogP contribution in [0.1, 0.15) is 25.0 Å². The molecule has 7 heteroatoms. The fraction of sp³-hybridized carbons (Fsp3) is 0.348. The number of likely N-dealkylation sites (N-methyl/N-ethyl adjacent to an activating group) is 2. The van der Waals surface area contributed by atoms with E-state index in [4.69, 9.17) is 4.98 Å². The predicted octanol–water partition coefficient (Wildman–Crippen LogP) is 3.60. The van der Waals surface area contributed by atoms with Crippen LogP contribution in [0, 0.1) is 6.92 Å². The van der Waals surface area contributed by atoms with Crippen molar-refractivity contribution in [1.82, 2.24) is 15.2 Å². The Hall–Kier alpha value is -2.77. The van der Waals surface area contributed by atoms with Gasteiger partial charge in [-0.25, -0.2) is 4.98 Å². The van der Waals surface area contributed by atoms with Crippen molar-refractivity contribution in [2.24, 2.45) is 0 Å². The van der Waals surface area contributed by atoms with Gasteiger partial charge in [-0.15, -0.1) is 0 Å². The highest BCUT2D eigenvalue weighted by Gasteiger charge is 2.23. The van der Waals surface area contributed by atoms with Crippen molar-refractivity contribution in [3.05, 3.63) is 59.7 Å². The molecule has 0 saturated heterocycles. The first kappa shape index (κ1) is 21.9. The van der Waals surface area contributed by atoms with Crippen molar-refractivity contribution < 1.29 is 9.59 Å². The highest BCUT2D eigenvalue weighted by atomic mass is 32.1. The normalized spacial score (nSPS) is 11.1. The molecule has 0 atom stereocenters. The zero-order valence-corrected chi connectivity index (χ0v) is 18.5. The van der Waals surface area contributed by atoms with Crippen molar-refractivity contribution in [2.45, 2.75) is 27.3 Å². The predicted molar refractivity (Wildman–Crippen MR) is 123 cm³/mol. The molecule has 1 heterocycles. The van der Waals surface area contributed by atoms with E-state index in [2.05, 4.69) is 5.32 Å². The van der Waals surface area contributed by atoms with Gasteiger partial charge < -0.3 is 5.32 Å². The van der Waals surface area contributed by atoms with Gasteiger partial charge in [-0.1, -0.05) is 60.7 Å². The minimum Gasteiger partial charge on any atom is -0.355 e. The number of rotatable bonds is 9. The summed E-state index contributed by atoms with van der Waals surface area (Å²) in [6.45, 7) is 7.86. The van der Waals surface area contributed by atoms with E-state index < -0.39 is 0 Å². The third kappa shape index (κ3) is 5.43. The lowest BCUT2D eigenvalue weighted by Gasteiger charge is -2.25. The maximum atomic E-state index is 13.3. The van der Waals surface area contributed by atoms with E-state index in [-0.39, 0.29) is 24.9 Å². The maximum Gasteiger partial charge on any atom is 0.243 e. The number of amides is 2. The van der Waals surface area contributed by atoms with Gasteiger partial charge in [0.2, 0.25) is 11.8 Å². The van der Waals surface area contributed by atoms with Crippen LogP contribution < -0.4 is 10.2 Å². The minimum absolute atomic E-state index is 0.0679. The molecule has 0 aliphatic rings. The lowest BCUT2D eigenvalue weighted by atomic mass is 10.2. The lowest BCUT2D eigenvalue weighted by Crippen LogP contribution is -2.44. The number of hydrogen-bond acceptors (Lipinski definition) is 5. The Labute approximate surface area is 181 Å². The van der Waals surface area contributed by atoms with Gasteiger partial charge in [-0.2, -0.15) is 0 Å². The molecule has 0 radical (unpaired) electrons. The molecule has 0 aliphatic heterocycles. The molecule has 6 nitrogen and oxygen atoms in total. The van der Waals surface area contributed by atoms with Gasteiger partial charge in [0.15, 0.2) is 5.13 Å². The Morgan fingerprint density at radius 1 is 1.03 bits per heavy atom. The summed E-state index contributed by atoms with van der Waals surface area (Å²) in [7, 11) is 0. The number of carbonyl (C=O) groups is 2. The first-order valence-electron chi connectivity index (χ1n) is 10.2. The average molecular weight is 425 g/mol. The number of anilines is 1. The molecule has 0 spiro atoms. The number of nitrogens with zero attached hydrogens (tertiary/aromatic N) is 3. The molecule has 1 aromatic heterocycles. The van der Waals surface area contributed by atoms with E-state index in [0.717, 1.165) is 21.3 Å². The molecule has 0 saturated carbocycles. The molecule has 0 unspecified atom stereocenters. The van der Waals surface area contributed by atoms with Crippen LogP contribution in [0.25, 0.3) is 10.2 Å². The van der Waals surface area contributed by atoms with Crippen molar-refractivity contribution in [1.29, 1.82) is 0 Å². The van der Waals surface area contributed by atoms with Crippen LogP contribution in [-0.2, 0) is 16.1 Å². The van der Waals surface area contributed by atoms with Crippen molar-refractivity contribution in [3.8, 4) is 0 Å². The second kappa shape index (κ2) is 10.3. The molecular weight excluding hydrogens is 396 g/mol. The third-order valence-corrected chi connectivity index (χ3v) is 5.92. The monoisotopic (exact) mass is 424 g/mol. The van der Waals surface area contributed by atoms with Crippen LogP contribution in [0.5, 0.6) is 0 Å². The zero-order valence-electron chi connectivity index (χ0n) is 17.7. The van der Waals surface area contributed by atoms with Gasteiger partial charge in [0, 0.05) is 6.54 Å². The van der Waals surface area contributed by atoms with Crippen LogP contribution in [0.2, 0.25) is 0 Å². The number of para-hydroxylation sites is 1. The summed E-state index contributed by atoms with van der Waals surface area (Å²) in [5, 5.41) is 3.48. The summed E-state index contributed by atoms with van der Waals surface area (Å²) >= 11 is 1.52. The molecule has 0 fully saturated rings. The van der Waals surface area contributed by atoms with Gasteiger partial charge in [-0.3, -0.25) is 19.4 Å². The molecule has 0 bridgehead atoms. The number of aromatic nitrogens is 1. The van der Waals surface area contributed by atoms with E-state index in [1.54, 1.807) is 4.90 Å². The molecule has 158 valence electrons. The molecular formula is C23H28N4O2S. The van der Waals surface area contributed by atoms with E-state index in [9.17, 15) is 9.59 Å². The molecule has 30 heavy (non-hydrogen) atoms. The quantitative estimate of drug-likeness (QED) is 0.570. The van der Waals surface area contributed by atoms with Crippen LogP contribution in [0.15, 0.2) is 48.5 Å². The van der Waals surface area contributed by atoms with Gasteiger partial charge in [0.05, 0.1) is 29.9 Å². The van der Waals surface area contributed by atoms with Crippen molar-refractivity contribution in [2.75, 3.05) is 31.1 Å². The highest BCUT2D eigenvalue weighted by molar-refractivity contribution is 7.22. The smallest absolute Gasteiger partial charge is 0.243 e. The number of carbonyl (C=O) groups excluding carboxylic acids is 2. The Kier molecular flexibility index (Phi) is 7.54. The summed E-state index contributed by atoms with van der Waals surface area (Å²) in [6.07, 6.45) is 0. The number of nitrogens with one attached hydrogen (secondary N) is 1. The Bertz CT molecular complexity index is 1000. The Morgan fingerprint density at radius 2 is 1.80 bits per heavy atom. The fourth-order valence-electron chi connectivity index (χ4n) is 3.23. The second-order valence-corrected chi connectivity index (χ2v) is 8.15. The fourth-order valence-corrected chi connectivity index (χ4v) is 4.29. The number of fused-ring (bicyclic) bond motifs is 1. The number of aryl methyl sites for hydroxylation is 1. The molecule has 2 amide bonds. The van der Waals surface area contributed by atoms with Gasteiger partial charge >= 0.3 is 0 Å². The summed E-state index contributed by atoms with van der Waals surface area (Å²) in [4.78, 5) is 33.7. The highest BCUT2D eigenvalue weighted by Crippen LogP contribution is 2.31. The van der Waals surface area contributed by atoms with Crippen LogP contribution in [0.3, 0.4) is 0 Å². The SMILES string of the molecule is CCNC(=O)CN(CC)CC(=O)N(Cc1ccccc1)c1nc2c(C)cccc2s1. The van der Waals surface area contributed by atoms with Crippen molar-refractivity contribution >= 4 is 38.5 Å². The van der Waals surface area contributed by atoms with Crippen LogP contribution >= 0.6 is 11.3 Å². The Balaban J connectivity index is 1.87. The molecule has 1 N–H and O–H groups in total. The van der Waals surface area contributed by atoms with Crippen LogP contribution in [-0.4, -0.2) is 47.9 Å². The number of benzene rings is 2. The third-order valence-electron chi connectivity index (χ3n) is 4.87. The number of hydrogen-bond donors (Lipinski definition) is 1. The topological polar surface area (TPSA) is 65.5 Å². The van der Waals surface area contributed by atoms with Gasteiger partial charge in [0.25, 0.3) is 0 Å². The summed E-state index contributed by atoms with van der Waals surface area (Å²) in [5.74, 6) is -0.140. The Morgan fingerprint density at radius 3 is 2.47 bits per heavy atom. The summed E-state index contributed by atoms with van der Waals surface area (Å²) in [6, 6.07) is 16.0. The van der Waals surface area contributed by atoms with Crippen LogP contribution in [0.4, 0.5) is 5.13 Å². The summed E-state index contributed by atoms with van der Waals surface area (Å²) < 4.78 is 1.06. The average Bonchev–Trinajstić information content (AvgIpc) is 3.17. The first-order chi connectivity index (χ1) is 14.5. The van der Waals surface area contributed by atoms with Gasteiger partial charge in [-0.05, 0) is 37.6 Å². The standard InChI is InChI=1S/C23H28N4O2S/c1-4-24-20(28)15-26(5-2)16-21(29)27(14-18-11-7-6-8-12-18)23-25-22-17(3)10-9-13-19(22)30-23/h6-13H,4-5,14-16H2,1-3H3,(H,24,28). The minimum atomic E-state index is -0.0719. The maximum absolute atomic E-state index is 13.3. The summed E-state index contributed by atoms with van der Waals surface area (Å²) in [5.41, 5.74) is 3.06. The molecule has 2 aromatic carbocycles. The number of thiazole rings is 1. The van der Waals surface area contributed by atoms with Gasteiger partial charge in [0.1, 0.15) is 0 Å². The largest absolute Gasteiger partial charge is 0.355 e. The van der Waals surface area contributed by atoms with E-state index >= 15 is 0 Å². The zero-order chi connectivity index (χ0) is 21.5. The first-order valence-corrected chi connectivity index (χ1v) is 11.0. The lowest BCUT2D eigenvalue weighted by molar-refractivity contribution is -0.124. The van der Waals surface area contributed by atoms with Crippen molar-refractivity contribution in [3.63, 3.8) is 0 Å². The second-order valence-electron chi connectivity index (χ2n) is 7.14. The molecule has 0 aliphatic carbocycles. The molecule has 3 aromatic rings. The van der Waals surface area contributed by atoms with E-state index in [1.165, 1.54) is 11.3 Å². The van der Waals surface area contributed by atoms with E-state index in [0.29, 0.717) is 24.8 Å².